The number of rotatable bonds is 3. The average molecular weight is 367 g/mol. The number of amides is 1. The summed E-state index contributed by atoms with van der Waals surface area (Å²) in [4.78, 5) is 43.1. The Hall–Kier alpha value is -2.93. The van der Waals surface area contributed by atoms with Crippen molar-refractivity contribution in [2.24, 2.45) is 0 Å². The third kappa shape index (κ3) is 2.70. The van der Waals surface area contributed by atoms with Crippen molar-refractivity contribution >= 4 is 22.9 Å². The number of nitrogens with one attached hydrogen (secondary N) is 1. The van der Waals surface area contributed by atoms with Gasteiger partial charge in [-0.25, -0.2) is 4.79 Å². The van der Waals surface area contributed by atoms with E-state index in [2.05, 4.69) is 4.98 Å². The van der Waals surface area contributed by atoms with Gasteiger partial charge in [0.25, 0.3) is 11.5 Å². The Bertz CT molecular complexity index is 1080. The van der Waals surface area contributed by atoms with E-state index in [9.17, 15) is 14.4 Å². The summed E-state index contributed by atoms with van der Waals surface area (Å²) in [7, 11) is 0. The number of benzene rings is 1. The fraction of sp³-hybridized carbons (Fsp3) is 0.211. The van der Waals surface area contributed by atoms with Gasteiger partial charge in [-0.15, -0.1) is 11.3 Å². The highest BCUT2D eigenvalue weighted by atomic mass is 32.1. The topological polar surface area (TPSA) is 75.2 Å². The summed E-state index contributed by atoms with van der Waals surface area (Å²) in [6, 6.07) is 11.3. The number of carbonyl (C=O) groups excluding carboxylic acids is 1. The van der Waals surface area contributed by atoms with Gasteiger partial charge in [0.05, 0.1) is 6.54 Å². The van der Waals surface area contributed by atoms with E-state index in [1.807, 2.05) is 48.7 Å². The number of hydrogen-bond acceptors (Lipinski definition) is 4. The van der Waals surface area contributed by atoms with Crippen LogP contribution in [0.15, 0.2) is 57.6 Å². The maximum atomic E-state index is 13.1. The van der Waals surface area contributed by atoms with Crippen LogP contribution < -0.4 is 16.1 Å². The van der Waals surface area contributed by atoms with E-state index >= 15 is 0 Å². The van der Waals surface area contributed by atoms with Crippen LogP contribution in [0, 0.1) is 0 Å². The first-order valence-electron chi connectivity index (χ1n) is 8.32. The lowest BCUT2D eigenvalue weighted by atomic mass is 10.1. The van der Waals surface area contributed by atoms with Crippen molar-refractivity contribution in [3.63, 3.8) is 0 Å². The van der Waals surface area contributed by atoms with Gasteiger partial charge in [0, 0.05) is 22.8 Å². The van der Waals surface area contributed by atoms with Gasteiger partial charge < -0.3 is 9.88 Å². The summed E-state index contributed by atoms with van der Waals surface area (Å²) < 4.78 is 1.08. The fourth-order valence-electron chi connectivity index (χ4n) is 3.37. The average Bonchev–Trinajstić information content (AvgIpc) is 3.24. The van der Waals surface area contributed by atoms with E-state index < -0.39 is 11.2 Å². The quantitative estimate of drug-likeness (QED) is 0.771. The summed E-state index contributed by atoms with van der Waals surface area (Å²) in [5, 5.41) is 1.88. The molecule has 2 aromatic heterocycles. The van der Waals surface area contributed by atoms with E-state index in [1.165, 1.54) is 17.5 Å². The Morgan fingerprint density at radius 1 is 1.23 bits per heavy atom. The van der Waals surface area contributed by atoms with Crippen LogP contribution in [-0.2, 0) is 13.0 Å². The van der Waals surface area contributed by atoms with E-state index in [0.29, 0.717) is 0 Å². The van der Waals surface area contributed by atoms with E-state index in [4.69, 9.17) is 0 Å². The molecule has 0 radical (unpaired) electrons. The predicted octanol–water partition coefficient (Wildman–Crippen LogP) is 2.24. The standard InChI is InChI=1S/C19H17N3O3S/c1-12-9-13-5-2-3-7-16(13)22(12)18(24)15-10-20-19(25)21(17(15)23)11-14-6-4-8-26-14/h2-8,10,12H,9,11H2,1H3,(H,20,25)/t12-/m1/s1. The lowest BCUT2D eigenvalue weighted by Crippen LogP contribution is -2.43. The second-order valence-corrected chi connectivity index (χ2v) is 7.37. The van der Waals surface area contributed by atoms with Crippen LogP contribution in [0.4, 0.5) is 5.69 Å². The van der Waals surface area contributed by atoms with Crippen molar-refractivity contribution in [2.75, 3.05) is 4.90 Å². The molecule has 1 aliphatic heterocycles. The summed E-state index contributed by atoms with van der Waals surface area (Å²) >= 11 is 1.46. The van der Waals surface area contributed by atoms with E-state index in [1.54, 1.807) is 4.90 Å². The van der Waals surface area contributed by atoms with Crippen molar-refractivity contribution < 1.29 is 4.79 Å². The molecule has 7 heteroatoms. The van der Waals surface area contributed by atoms with Crippen molar-refractivity contribution in [2.45, 2.75) is 25.9 Å². The van der Waals surface area contributed by atoms with Crippen LogP contribution >= 0.6 is 11.3 Å². The first-order chi connectivity index (χ1) is 12.6. The number of para-hydroxylation sites is 1. The lowest BCUT2D eigenvalue weighted by molar-refractivity contribution is 0.0979. The molecule has 26 heavy (non-hydrogen) atoms. The fourth-order valence-corrected chi connectivity index (χ4v) is 4.06. The van der Waals surface area contributed by atoms with E-state index in [0.717, 1.165) is 27.1 Å². The number of fused-ring (bicyclic) bond motifs is 1. The number of carbonyl (C=O) groups is 1. The molecule has 132 valence electrons. The van der Waals surface area contributed by atoms with Crippen LogP contribution in [0.2, 0.25) is 0 Å². The first kappa shape index (κ1) is 16.5. The van der Waals surface area contributed by atoms with Gasteiger partial charge in [0.15, 0.2) is 0 Å². The normalized spacial score (nSPS) is 15.9. The molecule has 1 aliphatic rings. The van der Waals surface area contributed by atoms with Crippen LogP contribution in [0.1, 0.15) is 27.7 Å². The zero-order chi connectivity index (χ0) is 18.3. The molecule has 0 saturated carbocycles. The summed E-state index contributed by atoms with van der Waals surface area (Å²) in [6.07, 6.45) is 1.97. The summed E-state index contributed by atoms with van der Waals surface area (Å²) in [5.41, 5.74) is 0.792. The minimum Gasteiger partial charge on any atom is -0.313 e. The number of hydrogen-bond donors (Lipinski definition) is 1. The SMILES string of the molecule is C[C@@H]1Cc2ccccc2N1C(=O)c1c[nH]c(=O)n(Cc2cccs2)c1=O. The van der Waals surface area contributed by atoms with Crippen molar-refractivity contribution in [1.29, 1.82) is 0 Å². The molecule has 1 atom stereocenters. The zero-order valence-corrected chi connectivity index (χ0v) is 15.0. The largest absolute Gasteiger partial charge is 0.328 e. The predicted molar refractivity (Wildman–Crippen MR) is 101 cm³/mol. The molecule has 1 amide bonds. The van der Waals surface area contributed by atoms with Crippen molar-refractivity contribution in [1.82, 2.24) is 9.55 Å². The minimum absolute atomic E-state index is 0.0234. The number of aromatic amines is 1. The highest BCUT2D eigenvalue weighted by Crippen LogP contribution is 2.32. The molecule has 0 aliphatic carbocycles. The molecule has 1 aromatic carbocycles. The molecule has 0 saturated heterocycles. The molecule has 3 aromatic rings. The van der Waals surface area contributed by atoms with Gasteiger partial charge in [0.1, 0.15) is 5.56 Å². The molecule has 0 spiro atoms. The smallest absolute Gasteiger partial charge is 0.313 e. The molecular weight excluding hydrogens is 350 g/mol. The van der Waals surface area contributed by atoms with Crippen LogP contribution in [0.3, 0.4) is 0 Å². The Kier molecular flexibility index (Phi) is 4.08. The Morgan fingerprint density at radius 3 is 2.81 bits per heavy atom. The van der Waals surface area contributed by atoms with Crippen molar-refractivity contribution in [3.8, 4) is 0 Å². The Balaban J connectivity index is 1.76. The number of anilines is 1. The monoisotopic (exact) mass is 367 g/mol. The van der Waals surface area contributed by atoms with E-state index in [-0.39, 0.29) is 24.1 Å². The van der Waals surface area contributed by atoms with Crippen LogP contribution in [0.25, 0.3) is 0 Å². The number of H-pyrrole nitrogens is 1. The Morgan fingerprint density at radius 2 is 2.04 bits per heavy atom. The third-order valence-electron chi connectivity index (χ3n) is 4.61. The van der Waals surface area contributed by atoms with Gasteiger partial charge in [-0.1, -0.05) is 24.3 Å². The maximum Gasteiger partial charge on any atom is 0.328 e. The molecule has 0 unspecified atom stereocenters. The van der Waals surface area contributed by atoms with Gasteiger partial charge in [-0.3, -0.25) is 14.2 Å². The second kappa shape index (κ2) is 6.42. The van der Waals surface area contributed by atoms with Crippen molar-refractivity contribution in [3.05, 3.63) is 84.8 Å². The molecule has 3 heterocycles. The van der Waals surface area contributed by atoms with Crippen LogP contribution in [-0.4, -0.2) is 21.5 Å². The van der Waals surface area contributed by atoms with Crippen LogP contribution in [0.5, 0.6) is 0 Å². The lowest BCUT2D eigenvalue weighted by Gasteiger charge is -2.22. The molecule has 0 bridgehead atoms. The van der Waals surface area contributed by atoms with Gasteiger partial charge in [-0.05, 0) is 36.4 Å². The highest BCUT2D eigenvalue weighted by Gasteiger charge is 2.32. The summed E-state index contributed by atoms with van der Waals surface area (Å²) in [6.45, 7) is 2.10. The highest BCUT2D eigenvalue weighted by molar-refractivity contribution is 7.09. The molecule has 1 N–H and O–H groups in total. The molecule has 4 rings (SSSR count). The van der Waals surface area contributed by atoms with Gasteiger partial charge in [0.2, 0.25) is 0 Å². The maximum absolute atomic E-state index is 13.1. The van der Waals surface area contributed by atoms with Gasteiger partial charge in [-0.2, -0.15) is 0 Å². The summed E-state index contributed by atoms with van der Waals surface area (Å²) in [5.74, 6) is -0.386. The minimum atomic E-state index is -0.566. The number of aromatic nitrogens is 2. The second-order valence-electron chi connectivity index (χ2n) is 6.34. The molecular formula is C19H17N3O3S. The number of thiophene rings is 1. The van der Waals surface area contributed by atoms with Gasteiger partial charge >= 0.3 is 5.69 Å². The third-order valence-corrected chi connectivity index (χ3v) is 5.47. The number of nitrogens with zero attached hydrogens (tertiary/aromatic N) is 2. The first-order valence-corrected chi connectivity index (χ1v) is 9.20. The molecule has 0 fully saturated rings. The Labute approximate surface area is 153 Å². The zero-order valence-electron chi connectivity index (χ0n) is 14.1. The molecule has 6 nitrogen and oxygen atoms in total.